The molecule has 0 aliphatic rings. The first-order chi connectivity index (χ1) is 13.3. The van der Waals surface area contributed by atoms with E-state index in [4.69, 9.17) is 9.72 Å². The van der Waals surface area contributed by atoms with Gasteiger partial charge in [0.25, 0.3) is 6.73 Å². The summed E-state index contributed by atoms with van der Waals surface area (Å²) in [5.41, 5.74) is 4.30. The molecule has 2 heterocycles. The third-order valence-corrected chi connectivity index (χ3v) is 7.37. The van der Waals surface area contributed by atoms with Crippen LogP contribution in [0, 0.1) is 3.57 Å². The van der Waals surface area contributed by atoms with Crippen molar-refractivity contribution in [3.05, 3.63) is 46.0 Å². The molecular weight excluding hydrogens is 479 g/mol. The maximum atomic E-state index is 6.01. The van der Waals surface area contributed by atoms with Gasteiger partial charge in [-0.15, -0.1) is 0 Å². The zero-order chi connectivity index (χ0) is 19.9. The summed E-state index contributed by atoms with van der Waals surface area (Å²) in [6.45, 7) is 8.44. The molecule has 7 heteroatoms. The van der Waals surface area contributed by atoms with Gasteiger partial charge >= 0.3 is 0 Å². The van der Waals surface area contributed by atoms with Crippen molar-refractivity contribution < 1.29 is 9.42 Å². The third-order valence-electron chi connectivity index (χ3n) is 4.99. The Balaban J connectivity index is 1.74. The zero-order valence-corrected chi connectivity index (χ0v) is 19.9. The van der Waals surface area contributed by atoms with E-state index in [-0.39, 0.29) is 0 Å². The van der Waals surface area contributed by atoms with Crippen molar-refractivity contribution in [3.8, 4) is 11.5 Å². The number of H-pyrrole nitrogens is 1. The van der Waals surface area contributed by atoms with Gasteiger partial charge in [0.05, 0.1) is 23.0 Å². The normalized spacial score (nSPS) is 12.3. The Morgan fingerprint density at radius 1 is 1.18 bits per heavy atom. The molecule has 0 bridgehead atoms. The third kappa shape index (κ3) is 3.88. The lowest BCUT2D eigenvalue weighted by Gasteiger charge is -2.14. The number of benzene rings is 2. The molecule has 0 radical (unpaired) electrons. The molecule has 2 aromatic carbocycles. The van der Waals surface area contributed by atoms with Crippen molar-refractivity contribution in [2.45, 2.75) is 32.4 Å². The SMILES string of the molecule is Cn1c(-c2[nH][n+](COCC[Si](C)(C)C)c3ccc(I)cc23)nc2ccccc21. The summed E-state index contributed by atoms with van der Waals surface area (Å²) in [5, 5.41) is 4.71. The quantitative estimate of drug-likeness (QED) is 0.175. The largest absolute Gasteiger partial charge is 0.326 e. The lowest BCUT2D eigenvalue weighted by molar-refractivity contribution is -0.759. The number of aryl methyl sites for hydroxylation is 1. The maximum Gasteiger partial charge on any atom is 0.276 e. The number of para-hydroxylation sites is 2. The van der Waals surface area contributed by atoms with E-state index < -0.39 is 8.07 Å². The van der Waals surface area contributed by atoms with E-state index in [0.717, 1.165) is 34.7 Å². The summed E-state index contributed by atoms with van der Waals surface area (Å²) < 4.78 is 11.5. The number of hydrogen-bond donors (Lipinski definition) is 1. The molecule has 0 aliphatic heterocycles. The van der Waals surface area contributed by atoms with Crippen LogP contribution in [0.15, 0.2) is 42.5 Å². The van der Waals surface area contributed by atoms with Crippen LogP contribution in [0.3, 0.4) is 0 Å². The maximum absolute atomic E-state index is 6.01. The van der Waals surface area contributed by atoms with Gasteiger partial charge in [-0.3, -0.25) is 0 Å². The summed E-state index contributed by atoms with van der Waals surface area (Å²) in [7, 11) is 0.980. The number of fused-ring (bicyclic) bond motifs is 2. The highest BCUT2D eigenvalue weighted by Gasteiger charge is 2.23. The molecule has 0 aliphatic carbocycles. The predicted octanol–water partition coefficient (Wildman–Crippen LogP) is 4.93. The Morgan fingerprint density at radius 2 is 1.96 bits per heavy atom. The molecule has 0 unspecified atom stereocenters. The van der Waals surface area contributed by atoms with Crippen molar-refractivity contribution >= 4 is 52.6 Å². The highest BCUT2D eigenvalue weighted by molar-refractivity contribution is 14.1. The van der Waals surface area contributed by atoms with Gasteiger partial charge in [0.15, 0.2) is 11.5 Å². The Labute approximate surface area is 179 Å². The first-order valence-electron chi connectivity index (χ1n) is 9.54. The lowest BCUT2D eigenvalue weighted by atomic mass is 10.2. The average molecular weight is 505 g/mol. The first-order valence-corrected chi connectivity index (χ1v) is 14.3. The minimum atomic E-state index is -1.09. The Kier molecular flexibility index (Phi) is 5.32. The molecule has 0 spiro atoms. The number of imidazole rings is 1. The fourth-order valence-corrected chi connectivity index (χ4v) is 4.62. The van der Waals surface area contributed by atoms with Gasteiger partial charge < -0.3 is 9.30 Å². The highest BCUT2D eigenvalue weighted by atomic mass is 127. The van der Waals surface area contributed by atoms with Crippen LogP contribution in [0.2, 0.25) is 25.7 Å². The van der Waals surface area contributed by atoms with Crippen LogP contribution in [0.25, 0.3) is 33.5 Å². The number of nitrogens with zero attached hydrogens (tertiary/aromatic N) is 3. The van der Waals surface area contributed by atoms with Gasteiger partial charge in [0, 0.05) is 24.8 Å². The van der Waals surface area contributed by atoms with Crippen LogP contribution < -0.4 is 4.68 Å². The van der Waals surface area contributed by atoms with E-state index in [1.807, 2.05) is 6.07 Å². The number of halogens is 1. The lowest BCUT2D eigenvalue weighted by Crippen LogP contribution is -2.38. The summed E-state index contributed by atoms with van der Waals surface area (Å²) >= 11 is 2.36. The number of ether oxygens (including phenoxy) is 1. The second kappa shape index (κ2) is 7.60. The molecule has 0 saturated carbocycles. The van der Waals surface area contributed by atoms with E-state index in [9.17, 15) is 0 Å². The molecule has 5 nitrogen and oxygen atoms in total. The Morgan fingerprint density at radius 3 is 2.71 bits per heavy atom. The molecule has 28 heavy (non-hydrogen) atoms. The number of aromatic nitrogens is 4. The molecule has 2 aromatic heterocycles. The van der Waals surface area contributed by atoms with E-state index in [2.05, 4.69) is 100 Å². The van der Waals surface area contributed by atoms with Crippen LogP contribution >= 0.6 is 22.6 Å². The molecule has 146 valence electrons. The van der Waals surface area contributed by atoms with Crippen LogP contribution in [-0.2, 0) is 18.5 Å². The van der Waals surface area contributed by atoms with E-state index in [1.165, 1.54) is 15.0 Å². The van der Waals surface area contributed by atoms with Gasteiger partial charge in [-0.1, -0.05) is 36.5 Å². The summed E-state index contributed by atoms with van der Waals surface area (Å²) in [4.78, 5) is 4.89. The molecule has 4 aromatic rings. The molecule has 1 N–H and O–H groups in total. The van der Waals surface area contributed by atoms with Crippen molar-refractivity contribution in [1.29, 1.82) is 0 Å². The monoisotopic (exact) mass is 505 g/mol. The minimum absolute atomic E-state index is 0.519. The first kappa shape index (κ1) is 19.6. The van der Waals surface area contributed by atoms with Crippen LogP contribution in [-0.4, -0.2) is 29.3 Å². The van der Waals surface area contributed by atoms with Crippen LogP contribution in [0.4, 0.5) is 0 Å². The van der Waals surface area contributed by atoms with Crippen LogP contribution in [0.5, 0.6) is 0 Å². The molecule has 4 rings (SSSR count). The van der Waals surface area contributed by atoms with Crippen molar-refractivity contribution in [2.24, 2.45) is 7.05 Å². The summed E-state index contributed by atoms with van der Waals surface area (Å²) in [5.74, 6) is 0.939. The fourth-order valence-electron chi connectivity index (χ4n) is 3.37. The number of rotatable bonds is 6. The van der Waals surface area contributed by atoms with Gasteiger partial charge in [-0.2, -0.15) is 5.10 Å². The predicted molar refractivity (Wildman–Crippen MR) is 125 cm³/mol. The Hall–Kier alpha value is -1.71. The van der Waals surface area contributed by atoms with Gasteiger partial charge in [-0.25, -0.2) is 4.98 Å². The highest BCUT2D eigenvalue weighted by Crippen LogP contribution is 2.28. The smallest absolute Gasteiger partial charge is 0.276 e. The van der Waals surface area contributed by atoms with Crippen molar-refractivity contribution in [3.63, 3.8) is 0 Å². The zero-order valence-electron chi connectivity index (χ0n) is 16.8. The molecule has 0 saturated heterocycles. The molecule has 0 fully saturated rings. The van der Waals surface area contributed by atoms with Gasteiger partial charge in [0.1, 0.15) is 0 Å². The van der Waals surface area contributed by atoms with Crippen LogP contribution in [0.1, 0.15) is 0 Å². The molecule has 0 atom stereocenters. The number of nitrogens with one attached hydrogen (secondary N) is 1. The summed E-state index contributed by atoms with van der Waals surface area (Å²) in [6, 6.07) is 15.9. The molecular formula is C21H26IN4OSi+. The second-order valence-electron chi connectivity index (χ2n) is 8.41. The van der Waals surface area contributed by atoms with Crippen molar-refractivity contribution in [1.82, 2.24) is 14.6 Å². The van der Waals surface area contributed by atoms with E-state index >= 15 is 0 Å². The van der Waals surface area contributed by atoms with Gasteiger partial charge in [-0.05, 0) is 52.9 Å². The number of aromatic amines is 1. The number of hydrogen-bond acceptors (Lipinski definition) is 2. The topological polar surface area (TPSA) is 46.7 Å². The minimum Gasteiger partial charge on any atom is -0.326 e. The standard InChI is InChI=1S/C21H25IN4OSi/c1-25-19-8-6-5-7-17(19)23-21(25)20-16-13-15(22)9-10-18(16)26(24-20)14-27-11-12-28(2,3)4/h5-10,13H,11-12,14H2,1-4H3/p+1. The Bertz CT molecular complexity index is 1140. The average Bonchev–Trinajstić information content (AvgIpc) is 3.16. The molecule has 0 amide bonds. The van der Waals surface area contributed by atoms with E-state index in [1.54, 1.807) is 0 Å². The van der Waals surface area contributed by atoms with Gasteiger partial charge in [0.2, 0.25) is 5.52 Å². The fraction of sp³-hybridized carbons (Fsp3) is 0.333. The van der Waals surface area contributed by atoms with E-state index in [0.29, 0.717) is 6.73 Å². The second-order valence-corrected chi connectivity index (χ2v) is 15.3. The summed E-state index contributed by atoms with van der Waals surface area (Å²) in [6.07, 6.45) is 0. The van der Waals surface area contributed by atoms with Crippen molar-refractivity contribution in [2.75, 3.05) is 6.61 Å².